The summed E-state index contributed by atoms with van der Waals surface area (Å²) in [6.45, 7) is 4.99. The van der Waals surface area contributed by atoms with Gasteiger partial charge in [0.1, 0.15) is 0 Å². The van der Waals surface area contributed by atoms with Gasteiger partial charge in [0.05, 0.1) is 6.17 Å². The van der Waals surface area contributed by atoms with Gasteiger partial charge < -0.3 is 0 Å². The molecule has 2 aliphatic rings. The van der Waals surface area contributed by atoms with Crippen LogP contribution in [0.4, 0.5) is 0 Å². The average Bonchev–Trinajstić information content (AvgIpc) is 2.71. The summed E-state index contributed by atoms with van der Waals surface area (Å²) >= 11 is 0. The Bertz CT molecular complexity index is 637. The molecule has 0 saturated carbocycles. The van der Waals surface area contributed by atoms with Crippen molar-refractivity contribution in [2.45, 2.75) is 44.7 Å². The molecule has 0 radical (unpaired) electrons. The Labute approximate surface area is 152 Å². The summed E-state index contributed by atoms with van der Waals surface area (Å²) in [6.07, 6.45) is 8.65. The first-order chi connectivity index (χ1) is 12.4. The zero-order valence-electron chi connectivity index (χ0n) is 15.2. The molecule has 0 atom stereocenters. The van der Waals surface area contributed by atoms with Crippen LogP contribution in [0.3, 0.4) is 0 Å². The third-order valence-corrected chi connectivity index (χ3v) is 5.76. The molecule has 0 amide bonds. The largest absolute Gasteiger partial charge is 0.284 e. The molecule has 25 heavy (non-hydrogen) atoms. The predicted molar refractivity (Wildman–Crippen MR) is 105 cm³/mol. The van der Waals surface area contributed by atoms with Crippen LogP contribution in [0.2, 0.25) is 0 Å². The molecule has 0 spiro atoms. The fourth-order valence-electron chi connectivity index (χ4n) is 4.49. The summed E-state index contributed by atoms with van der Waals surface area (Å²) in [5.74, 6) is 0. The quantitative estimate of drug-likeness (QED) is 0.746. The molecule has 4 rings (SSSR count). The van der Waals surface area contributed by atoms with Gasteiger partial charge in [-0.05, 0) is 74.6 Å². The molecular formula is C23H30N2. The number of nitrogens with zero attached hydrogens (tertiary/aromatic N) is 2. The predicted octanol–water partition coefficient (Wildman–Crippen LogP) is 5.32. The van der Waals surface area contributed by atoms with E-state index in [0.29, 0.717) is 6.17 Å². The Kier molecular flexibility index (Phi) is 5.49. The number of rotatable bonds is 4. The van der Waals surface area contributed by atoms with Crippen LogP contribution in [0.1, 0.15) is 50.3 Å². The molecule has 2 heteroatoms. The standard InChI is InChI=1S/C23H30N2/c1-4-11-20(12-5-1)21-13-10-14-22(19-21)23(24-15-6-2-7-16-24)25-17-8-3-9-18-25/h1,4-5,10-14,19,23H,2-3,6-9,15-18H2. The number of benzene rings is 2. The molecule has 2 nitrogen and oxygen atoms in total. The average molecular weight is 335 g/mol. The summed E-state index contributed by atoms with van der Waals surface area (Å²) < 4.78 is 0. The van der Waals surface area contributed by atoms with Crippen molar-refractivity contribution in [3.63, 3.8) is 0 Å². The number of likely N-dealkylation sites (tertiary alicyclic amines) is 2. The van der Waals surface area contributed by atoms with Crippen molar-refractivity contribution in [3.05, 3.63) is 60.2 Å². The molecule has 2 saturated heterocycles. The van der Waals surface area contributed by atoms with Crippen molar-refractivity contribution in [1.29, 1.82) is 0 Å². The van der Waals surface area contributed by atoms with Gasteiger partial charge in [-0.3, -0.25) is 9.80 Å². The maximum atomic E-state index is 2.74. The molecule has 2 aromatic rings. The molecule has 0 bridgehead atoms. The SMILES string of the molecule is c1ccc(-c2cccc(C(N3CCCCC3)N3CCCCC3)c2)cc1. The topological polar surface area (TPSA) is 6.48 Å². The fourth-order valence-corrected chi connectivity index (χ4v) is 4.49. The third kappa shape index (κ3) is 3.96. The van der Waals surface area contributed by atoms with E-state index in [1.165, 1.54) is 81.4 Å². The Morgan fingerprint density at radius 3 is 1.72 bits per heavy atom. The monoisotopic (exact) mass is 334 g/mol. The summed E-state index contributed by atoms with van der Waals surface area (Å²) in [4.78, 5) is 5.47. The Balaban J connectivity index is 1.66. The van der Waals surface area contributed by atoms with Crippen molar-refractivity contribution < 1.29 is 0 Å². The molecule has 2 fully saturated rings. The first-order valence-corrected chi connectivity index (χ1v) is 10.1. The highest BCUT2D eigenvalue weighted by atomic mass is 15.4. The van der Waals surface area contributed by atoms with Crippen molar-refractivity contribution in [1.82, 2.24) is 9.80 Å². The molecular weight excluding hydrogens is 304 g/mol. The van der Waals surface area contributed by atoms with Crippen LogP contribution in [0.5, 0.6) is 0 Å². The number of piperidine rings is 2. The van der Waals surface area contributed by atoms with Crippen LogP contribution in [0.25, 0.3) is 11.1 Å². The minimum Gasteiger partial charge on any atom is -0.284 e. The Hall–Kier alpha value is -1.64. The van der Waals surface area contributed by atoms with Crippen LogP contribution in [0.15, 0.2) is 54.6 Å². The zero-order valence-corrected chi connectivity index (χ0v) is 15.2. The summed E-state index contributed by atoms with van der Waals surface area (Å²) in [7, 11) is 0. The van der Waals surface area contributed by atoms with Gasteiger partial charge in [-0.15, -0.1) is 0 Å². The molecule has 2 aliphatic heterocycles. The zero-order chi connectivity index (χ0) is 16.9. The maximum absolute atomic E-state index is 2.74. The minimum atomic E-state index is 0.462. The van der Waals surface area contributed by atoms with E-state index in [9.17, 15) is 0 Å². The van der Waals surface area contributed by atoms with Crippen LogP contribution in [0, 0.1) is 0 Å². The van der Waals surface area contributed by atoms with Gasteiger partial charge in [0.2, 0.25) is 0 Å². The van der Waals surface area contributed by atoms with E-state index in [1.807, 2.05) is 0 Å². The number of hydrogen-bond acceptors (Lipinski definition) is 2. The molecule has 0 aliphatic carbocycles. The van der Waals surface area contributed by atoms with E-state index >= 15 is 0 Å². The van der Waals surface area contributed by atoms with Crippen LogP contribution >= 0.6 is 0 Å². The van der Waals surface area contributed by atoms with E-state index in [2.05, 4.69) is 64.4 Å². The first kappa shape index (κ1) is 16.8. The second-order valence-electron chi connectivity index (χ2n) is 7.56. The lowest BCUT2D eigenvalue weighted by molar-refractivity contribution is 0.0157. The normalized spacial score (nSPS) is 20.0. The van der Waals surface area contributed by atoms with E-state index in [1.54, 1.807) is 0 Å². The lowest BCUT2D eigenvalue weighted by Crippen LogP contribution is -2.45. The van der Waals surface area contributed by atoms with Crippen LogP contribution in [-0.2, 0) is 0 Å². The van der Waals surface area contributed by atoms with Gasteiger partial charge in [0.15, 0.2) is 0 Å². The van der Waals surface area contributed by atoms with Gasteiger partial charge in [0, 0.05) is 0 Å². The fraction of sp³-hybridized carbons (Fsp3) is 0.478. The van der Waals surface area contributed by atoms with E-state index < -0.39 is 0 Å². The second-order valence-corrected chi connectivity index (χ2v) is 7.56. The van der Waals surface area contributed by atoms with E-state index in [4.69, 9.17) is 0 Å². The lowest BCUT2D eigenvalue weighted by Gasteiger charge is -2.43. The van der Waals surface area contributed by atoms with E-state index in [0.717, 1.165) is 0 Å². The highest BCUT2D eigenvalue weighted by molar-refractivity contribution is 5.64. The highest BCUT2D eigenvalue weighted by Gasteiger charge is 2.29. The van der Waals surface area contributed by atoms with Crippen LogP contribution in [-0.4, -0.2) is 36.0 Å². The minimum absolute atomic E-state index is 0.462. The van der Waals surface area contributed by atoms with Gasteiger partial charge in [-0.2, -0.15) is 0 Å². The van der Waals surface area contributed by atoms with Crippen molar-refractivity contribution in [2.24, 2.45) is 0 Å². The smallest absolute Gasteiger partial charge is 0.0886 e. The van der Waals surface area contributed by atoms with Crippen molar-refractivity contribution >= 4 is 0 Å². The molecule has 0 aromatic heterocycles. The Morgan fingerprint density at radius 2 is 1.12 bits per heavy atom. The van der Waals surface area contributed by atoms with Crippen molar-refractivity contribution in [3.8, 4) is 11.1 Å². The van der Waals surface area contributed by atoms with E-state index in [-0.39, 0.29) is 0 Å². The molecule has 0 N–H and O–H groups in total. The van der Waals surface area contributed by atoms with Gasteiger partial charge in [0.25, 0.3) is 0 Å². The molecule has 2 heterocycles. The summed E-state index contributed by atoms with van der Waals surface area (Å²) in [5, 5.41) is 0. The molecule has 2 aromatic carbocycles. The lowest BCUT2D eigenvalue weighted by atomic mass is 9.98. The summed E-state index contributed by atoms with van der Waals surface area (Å²) in [5.41, 5.74) is 4.14. The first-order valence-electron chi connectivity index (χ1n) is 10.1. The van der Waals surface area contributed by atoms with Crippen LogP contribution < -0.4 is 0 Å². The maximum Gasteiger partial charge on any atom is 0.0886 e. The molecule has 132 valence electrons. The van der Waals surface area contributed by atoms with Gasteiger partial charge in [-0.1, -0.05) is 61.4 Å². The second kappa shape index (κ2) is 8.16. The van der Waals surface area contributed by atoms with Crippen molar-refractivity contribution in [2.75, 3.05) is 26.2 Å². The summed E-state index contributed by atoms with van der Waals surface area (Å²) in [6, 6.07) is 20.1. The van der Waals surface area contributed by atoms with Gasteiger partial charge >= 0.3 is 0 Å². The Morgan fingerprint density at radius 1 is 0.560 bits per heavy atom. The highest BCUT2D eigenvalue weighted by Crippen LogP contribution is 2.32. The van der Waals surface area contributed by atoms with Gasteiger partial charge in [-0.25, -0.2) is 0 Å². The molecule has 0 unspecified atom stereocenters. The number of hydrogen-bond donors (Lipinski definition) is 0. The third-order valence-electron chi connectivity index (χ3n) is 5.76.